The van der Waals surface area contributed by atoms with Gasteiger partial charge in [-0.2, -0.15) is 0 Å². The van der Waals surface area contributed by atoms with Gasteiger partial charge in [0.1, 0.15) is 5.60 Å². The monoisotopic (exact) mass is 181 g/mol. The van der Waals surface area contributed by atoms with E-state index in [9.17, 15) is 4.79 Å². The molecule has 1 fully saturated rings. The summed E-state index contributed by atoms with van der Waals surface area (Å²) >= 11 is 0. The molecule has 1 aromatic heterocycles. The molecule has 1 unspecified atom stereocenters. The summed E-state index contributed by atoms with van der Waals surface area (Å²) in [6.07, 6.45) is 2.59. The van der Waals surface area contributed by atoms with Gasteiger partial charge in [-0.3, -0.25) is 4.79 Å². The Labute approximate surface area is 75.5 Å². The molecule has 0 spiro atoms. The molecular formula is C9H11NO3. The smallest absolute Gasteiger partial charge is 0.306 e. The van der Waals surface area contributed by atoms with Crippen molar-refractivity contribution < 1.29 is 14.6 Å². The van der Waals surface area contributed by atoms with Crippen molar-refractivity contribution in [2.75, 3.05) is 6.61 Å². The average molecular weight is 181 g/mol. The van der Waals surface area contributed by atoms with Gasteiger partial charge in [-0.25, -0.2) is 0 Å². The number of aromatic amines is 1. The van der Waals surface area contributed by atoms with Crippen LogP contribution >= 0.6 is 0 Å². The first-order chi connectivity index (χ1) is 6.23. The van der Waals surface area contributed by atoms with E-state index in [0.717, 1.165) is 12.1 Å². The Balaban J connectivity index is 2.20. The fourth-order valence-corrected chi connectivity index (χ4v) is 1.65. The van der Waals surface area contributed by atoms with E-state index in [1.807, 2.05) is 12.1 Å². The van der Waals surface area contributed by atoms with Gasteiger partial charge in [0, 0.05) is 18.3 Å². The minimum absolute atomic E-state index is 0.0352. The molecule has 4 heteroatoms. The van der Waals surface area contributed by atoms with Crippen molar-refractivity contribution >= 4 is 5.97 Å². The highest BCUT2D eigenvalue weighted by atomic mass is 16.5. The summed E-state index contributed by atoms with van der Waals surface area (Å²) in [6, 6.07) is 3.71. The molecule has 1 saturated heterocycles. The maximum atomic E-state index is 10.6. The zero-order chi connectivity index (χ0) is 9.31. The molecule has 13 heavy (non-hydrogen) atoms. The van der Waals surface area contributed by atoms with Gasteiger partial charge in [-0.1, -0.05) is 0 Å². The summed E-state index contributed by atoms with van der Waals surface area (Å²) in [7, 11) is 0. The third kappa shape index (κ3) is 1.33. The number of rotatable bonds is 3. The van der Waals surface area contributed by atoms with Crippen LogP contribution in [-0.2, 0) is 15.1 Å². The lowest BCUT2D eigenvalue weighted by Gasteiger charge is -2.40. The SMILES string of the molecule is O=C(O)CC1(c2ccc[nH]2)CCO1. The summed E-state index contributed by atoms with van der Waals surface area (Å²) in [5.74, 6) is -0.825. The highest BCUT2D eigenvalue weighted by Gasteiger charge is 2.43. The lowest BCUT2D eigenvalue weighted by molar-refractivity contribution is -0.177. The quantitative estimate of drug-likeness (QED) is 0.734. The van der Waals surface area contributed by atoms with Gasteiger partial charge >= 0.3 is 5.97 Å². The van der Waals surface area contributed by atoms with Crippen LogP contribution in [0.4, 0.5) is 0 Å². The van der Waals surface area contributed by atoms with Crippen LogP contribution in [0.15, 0.2) is 18.3 Å². The number of nitrogens with one attached hydrogen (secondary N) is 1. The molecule has 1 aliphatic heterocycles. The summed E-state index contributed by atoms with van der Waals surface area (Å²) in [5.41, 5.74) is 0.274. The zero-order valence-electron chi connectivity index (χ0n) is 7.12. The summed E-state index contributed by atoms with van der Waals surface area (Å²) < 4.78 is 5.36. The highest BCUT2D eigenvalue weighted by molar-refractivity contribution is 5.68. The molecule has 0 saturated carbocycles. The molecule has 0 radical (unpaired) electrons. The third-order valence-corrected chi connectivity index (χ3v) is 2.41. The molecule has 0 aromatic carbocycles. The predicted octanol–water partition coefficient (Wildman–Crippen LogP) is 1.10. The van der Waals surface area contributed by atoms with Crippen LogP contribution in [0.1, 0.15) is 18.5 Å². The minimum atomic E-state index is -0.825. The fraction of sp³-hybridized carbons (Fsp3) is 0.444. The van der Waals surface area contributed by atoms with Crippen LogP contribution < -0.4 is 0 Å². The Bertz CT molecular complexity index is 301. The first kappa shape index (κ1) is 8.31. The normalized spacial score (nSPS) is 26.8. The third-order valence-electron chi connectivity index (χ3n) is 2.41. The van der Waals surface area contributed by atoms with E-state index in [0.29, 0.717) is 6.61 Å². The van der Waals surface area contributed by atoms with Gasteiger partial charge in [0.2, 0.25) is 0 Å². The highest BCUT2D eigenvalue weighted by Crippen LogP contribution is 2.39. The number of carbonyl (C=O) groups is 1. The van der Waals surface area contributed by atoms with Gasteiger partial charge in [-0.15, -0.1) is 0 Å². The lowest BCUT2D eigenvalue weighted by atomic mass is 9.87. The standard InChI is InChI=1S/C9H11NO3/c11-8(12)6-9(3-5-13-9)7-2-1-4-10-7/h1-2,4,10H,3,5-6H2,(H,11,12). The number of hydrogen-bond donors (Lipinski definition) is 2. The van der Waals surface area contributed by atoms with E-state index in [2.05, 4.69) is 4.98 Å². The van der Waals surface area contributed by atoms with Gasteiger partial charge in [0.15, 0.2) is 0 Å². The Morgan fingerprint density at radius 1 is 1.77 bits per heavy atom. The van der Waals surface area contributed by atoms with Crippen LogP contribution in [0.3, 0.4) is 0 Å². The van der Waals surface area contributed by atoms with Crippen molar-refractivity contribution in [3.8, 4) is 0 Å². The number of aliphatic carboxylic acids is 1. The van der Waals surface area contributed by atoms with Crippen LogP contribution in [0, 0.1) is 0 Å². The van der Waals surface area contributed by atoms with E-state index in [1.165, 1.54) is 0 Å². The second kappa shape index (κ2) is 2.88. The molecule has 2 heterocycles. The zero-order valence-corrected chi connectivity index (χ0v) is 7.12. The van der Waals surface area contributed by atoms with Crippen molar-refractivity contribution in [1.29, 1.82) is 0 Å². The molecular weight excluding hydrogens is 170 g/mol. The molecule has 0 bridgehead atoms. The molecule has 70 valence electrons. The number of H-pyrrole nitrogens is 1. The molecule has 0 aliphatic carbocycles. The number of carboxylic acids is 1. The Hall–Kier alpha value is -1.29. The Morgan fingerprint density at radius 2 is 2.54 bits per heavy atom. The van der Waals surface area contributed by atoms with E-state index in [4.69, 9.17) is 9.84 Å². The van der Waals surface area contributed by atoms with Crippen molar-refractivity contribution in [3.63, 3.8) is 0 Å². The van der Waals surface area contributed by atoms with Crippen molar-refractivity contribution in [1.82, 2.24) is 4.98 Å². The molecule has 4 nitrogen and oxygen atoms in total. The molecule has 1 atom stereocenters. The van der Waals surface area contributed by atoms with E-state index in [1.54, 1.807) is 6.20 Å². The Kier molecular flexibility index (Phi) is 1.84. The van der Waals surface area contributed by atoms with E-state index in [-0.39, 0.29) is 6.42 Å². The largest absolute Gasteiger partial charge is 0.481 e. The van der Waals surface area contributed by atoms with Crippen molar-refractivity contribution in [3.05, 3.63) is 24.0 Å². The number of aromatic nitrogens is 1. The van der Waals surface area contributed by atoms with Crippen LogP contribution in [0.5, 0.6) is 0 Å². The maximum absolute atomic E-state index is 10.6. The topological polar surface area (TPSA) is 62.3 Å². The molecule has 2 N–H and O–H groups in total. The van der Waals surface area contributed by atoms with Gasteiger partial charge in [0.25, 0.3) is 0 Å². The average Bonchev–Trinajstić information content (AvgIpc) is 2.48. The van der Waals surface area contributed by atoms with Crippen LogP contribution in [0.2, 0.25) is 0 Å². The Morgan fingerprint density at radius 3 is 2.92 bits per heavy atom. The van der Waals surface area contributed by atoms with Crippen LogP contribution in [0.25, 0.3) is 0 Å². The summed E-state index contributed by atoms with van der Waals surface area (Å²) in [5, 5.41) is 8.72. The molecule has 1 aliphatic rings. The fourth-order valence-electron chi connectivity index (χ4n) is 1.65. The predicted molar refractivity (Wildman–Crippen MR) is 45.3 cm³/mol. The van der Waals surface area contributed by atoms with Gasteiger partial charge < -0.3 is 14.8 Å². The second-order valence-electron chi connectivity index (χ2n) is 3.25. The van der Waals surface area contributed by atoms with Gasteiger partial charge in [0.05, 0.1) is 13.0 Å². The molecule has 2 rings (SSSR count). The van der Waals surface area contributed by atoms with Crippen molar-refractivity contribution in [2.45, 2.75) is 18.4 Å². The first-order valence-electron chi connectivity index (χ1n) is 4.23. The maximum Gasteiger partial charge on any atom is 0.306 e. The molecule has 1 aromatic rings. The van der Waals surface area contributed by atoms with Crippen LogP contribution in [-0.4, -0.2) is 22.7 Å². The minimum Gasteiger partial charge on any atom is -0.481 e. The van der Waals surface area contributed by atoms with Crippen molar-refractivity contribution in [2.24, 2.45) is 0 Å². The lowest BCUT2D eigenvalue weighted by Crippen LogP contribution is -2.42. The summed E-state index contributed by atoms with van der Waals surface area (Å²) in [6.45, 7) is 0.645. The first-order valence-corrected chi connectivity index (χ1v) is 4.23. The number of ether oxygens (including phenoxy) is 1. The number of carboxylic acid groups (broad SMARTS) is 1. The number of hydrogen-bond acceptors (Lipinski definition) is 2. The summed E-state index contributed by atoms with van der Waals surface area (Å²) in [4.78, 5) is 13.6. The van der Waals surface area contributed by atoms with E-state index < -0.39 is 11.6 Å². The van der Waals surface area contributed by atoms with Gasteiger partial charge in [-0.05, 0) is 12.1 Å². The van der Waals surface area contributed by atoms with E-state index >= 15 is 0 Å². The second-order valence-corrected chi connectivity index (χ2v) is 3.25. The molecule has 0 amide bonds.